The molecule has 0 bridgehead atoms. The Morgan fingerprint density at radius 3 is 2.78 bits per heavy atom. The van der Waals surface area contributed by atoms with Crippen molar-refractivity contribution >= 4 is 26.8 Å². The summed E-state index contributed by atoms with van der Waals surface area (Å²) in [5, 5.41) is 8.72. The molecule has 1 aliphatic rings. The summed E-state index contributed by atoms with van der Waals surface area (Å²) in [7, 11) is -1.34. The van der Waals surface area contributed by atoms with E-state index in [4.69, 9.17) is 0 Å². The highest BCUT2D eigenvalue weighted by molar-refractivity contribution is 7.91. The molecule has 8 nitrogen and oxygen atoms in total. The highest BCUT2D eigenvalue weighted by Crippen LogP contribution is 2.20. The van der Waals surface area contributed by atoms with Crippen LogP contribution in [-0.2, 0) is 27.7 Å². The summed E-state index contributed by atoms with van der Waals surface area (Å²) < 4.78 is 26.6. The summed E-state index contributed by atoms with van der Waals surface area (Å²) in [6.07, 6.45) is 2.22. The zero-order chi connectivity index (χ0) is 16.8. The highest BCUT2D eigenvalue weighted by Gasteiger charge is 2.33. The maximum Gasteiger partial charge on any atom is 0.244 e. The van der Waals surface area contributed by atoms with Gasteiger partial charge in [-0.25, -0.2) is 8.42 Å². The van der Waals surface area contributed by atoms with Crippen molar-refractivity contribution in [3.05, 3.63) is 11.9 Å². The third kappa shape index (κ3) is 2.85. The van der Waals surface area contributed by atoms with Crippen LogP contribution in [0.3, 0.4) is 0 Å². The lowest BCUT2D eigenvalue weighted by atomic mass is 10.2. The maximum absolute atomic E-state index is 12.5. The fraction of sp³-hybridized carbons (Fsp3) is 0.643. The Kier molecular flexibility index (Phi) is 3.91. The van der Waals surface area contributed by atoms with Gasteiger partial charge in [-0.2, -0.15) is 10.2 Å². The molecule has 23 heavy (non-hydrogen) atoms. The Hall–Kier alpha value is -1.90. The number of likely N-dealkylation sites (N-methyl/N-ethyl adjacent to an activating group) is 1. The van der Waals surface area contributed by atoms with Crippen LogP contribution in [0.25, 0.3) is 11.0 Å². The van der Waals surface area contributed by atoms with Crippen LogP contribution in [0.1, 0.15) is 19.0 Å². The van der Waals surface area contributed by atoms with E-state index in [9.17, 15) is 13.2 Å². The minimum atomic E-state index is -3.01. The second-order valence-corrected chi connectivity index (χ2v) is 8.23. The second-order valence-electron chi connectivity index (χ2n) is 6.00. The van der Waals surface area contributed by atoms with Gasteiger partial charge in [0.15, 0.2) is 9.84 Å². The van der Waals surface area contributed by atoms with Crippen molar-refractivity contribution < 1.29 is 13.2 Å². The number of nitrogens with zero attached hydrogens (tertiary/aromatic N) is 5. The number of sulfone groups is 1. The molecule has 1 amide bonds. The van der Waals surface area contributed by atoms with Crippen LogP contribution in [0, 0.1) is 6.92 Å². The molecule has 1 unspecified atom stereocenters. The summed E-state index contributed by atoms with van der Waals surface area (Å²) in [5.74, 6) is 0.0704. The average molecular weight is 339 g/mol. The molecule has 3 heterocycles. The fourth-order valence-electron chi connectivity index (χ4n) is 3.10. The minimum Gasteiger partial charge on any atom is -0.340 e. The highest BCUT2D eigenvalue weighted by atomic mass is 32.2. The molecule has 0 aliphatic carbocycles. The number of carbonyl (C=O) groups excluding carboxylic acids is 1. The molecule has 3 rings (SSSR count). The molecule has 0 aromatic carbocycles. The number of hydrogen-bond acceptors (Lipinski definition) is 5. The summed E-state index contributed by atoms with van der Waals surface area (Å²) >= 11 is 0. The molecule has 0 spiro atoms. The number of aryl methyl sites for hydroxylation is 2. The van der Waals surface area contributed by atoms with Gasteiger partial charge in [0.05, 0.1) is 23.4 Å². The van der Waals surface area contributed by atoms with Crippen molar-refractivity contribution in [3.8, 4) is 0 Å². The first-order valence-electron chi connectivity index (χ1n) is 7.67. The first kappa shape index (κ1) is 16.0. The monoisotopic (exact) mass is 339 g/mol. The average Bonchev–Trinajstić information content (AvgIpc) is 3.15. The molecule has 1 atom stereocenters. The van der Waals surface area contributed by atoms with Crippen LogP contribution in [0.2, 0.25) is 0 Å². The quantitative estimate of drug-likeness (QED) is 0.794. The first-order valence-corrected chi connectivity index (χ1v) is 9.49. The molecular formula is C14H21N5O3S. The van der Waals surface area contributed by atoms with Crippen molar-refractivity contribution in [1.29, 1.82) is 0 Å². The number of aromatic nitrogens is 4. The van der Waals surface area contributed by atoms with E-state index < -0.39 is 9.84 Å². The van der Waals surface area contributed by atoms with Crippen LogP contribution >= 0.6 is 0 Å². The van der Waals surface area contributed by atoms with E-state index in [-0.39, 0.29) is 30.0 Å². The van der Waals surface area contributed by atoms with E-state index in [1.54, 1.807) is 17.9 Å². The normalized spacial score (nSPS) is 20.2. The Balaban J connectivity index is 1.79. The van der Waals surface area contributed by atoms with Crippen molar-refractivity contribution in [2.45, 2.75) is 39.4 Å². The molecule has 2 aromatic heterocycles. The largest absolute Gasteiger partial charge is 0.340 e. The lowest BCUT2D eigenvalue weighted by Gasteiger charge is -2.23. The van der Waals surface area contributed by atoms with E-state index in [0.29, 0.717) is 6.42 Å². The Labute approximate surface area is 135 Å². The van der Waals surface area contributed by atoms with Gasteiger partial charge in [-0.1, -0.05) is 0 Å². The van der Waals surface area contributed by atoms with Crippen molar-refractivity contribution in [2.24, 2.45) is 0 Å². The Morgan fingerprint density at radius 1 is 1.43 bits per heavy atom. The predicted octanol–water partition coefficient (Wildman–Crippen LogP) is 0.207. The van der Waals surface area contributed by atoms with Crippen molar-refractivity contribution in [2.75, 3.05) is 18.6 Å². The van der Waals surface area contributed by atoms with E-state index in [1.165, 1.54) is 4.90 Å². The van der Waals surface area contributed by atoms with Gasteiger partial charge >= 0.3 is 0 Å². The van der Waals surface area contributed by atoms with E-state index in [1.807, 2.05) is 18.5 Å². The van der Waals surface area contributed by atoms with Gasteiger partial charge in [-0.15, -0.1) is 0 Å². The van der Waals surface area contributed by atoms with Crippen molar-refractivity contribution in [1.82, 2.24) is 24.5 Å². The summed E-state index contributed by atoms with van der Waals surface area (Å²) in [6, 6.07) is -0.238. The van der Waals surface area contributed by atoms with E-state index in [2.05, 4.69) is 10.2 Å². The van der Waals surface area contributed by atoms with Crippen LogP contribution in [0.15, 0.2) is 6.20 Å². The summed E-state index contributed by atoms with van der Waals surface area (Å²) in [6.45, 7) is 4.73. The number of amides is 1. The van der Waals surface area contributed by atoms with Crippen LogP contribution in [-0.4, -0.2) is 63.4 Å². The molecule has 0 radical (unpaired) electrons. The molecule has 0 N–H and O–H groups in total. The SMILES string of the molecule is CCn1nc(C)c2c1cnn2CC(=O)N(C)C1CCS(=O)(=O)C1. The summed E-state index contributed by atoms with van der Waals surface area (Å²) in [4.78, 5) is 14.0. The third-order valence-corrected chi connectivity index (χ3v) is 6.20. The van der Waals surface area contributed by atoms with Crippen LogP contribution < -0.4 is 0 Å². The Bertz CT molecular complexity index is 851. The van der Waals surface area contributed by atoms with Crippen molar-refractivity contribution in [3.63, 3.8) is 0 Å². The molecule has 9 heteroatoms. The molecule has 1 fully saturated rings. The van der Waals surface area contributed by atoms with E-state index in [0.717, 1.165) is 23.3 Å². The number of hydrogen-bond donors (Lipinski definition) is 0. The lowest BCUT2D eigenvalue weighted by Crippen LogP contribution is -2.39. The zero-order valence-corrected chi connectivity index (χ0v) is 14.4. The minimum absolute atomic E-state index is 0.0521. The molecule has 1 saturated heterocycles. The number of carbonyl (C=O) groups is 1. The van der Waals surface area contributed by atoms with Gasteiger partial charge in [-0.3, -0.25) is 14.2 Å². The van der Waals surface area contributed by atoms with Gasteiger partial charge in [0.1, 0.15) is 17.6 Å². The first-order chi connectivity index (χ1) is 10.8. The zero-order valence-electron chi connectivity index (χ0n) is 13.6. The standard InChI is InChI=1S/C14H21N5O3S/c1-4-18-12-7-15-19(14(12)10(2)16-18)8-13(20)17(3)11-5-6-23(21,22)9-11/h7,11H,4-6,8-9H2,1-3H3. The fourth-order valence-corrected chi connectivity index (χ4v) is 4.88. The molecule has 1 aliphatic heterocycles. The Morgan fingerprint density at radius 2 is 2.17 bits per heavy atom. The molecule has 2 aromatic rings. The van der Waals surface area contributed by atoms with Gasteiger partial charge in [0.25, 0.3) is 0 Å². The molecule has 126 valence electrons. The lowest BCUT2D eigenvalue weighted by molar-refractivity contribution is -0.132. The van der Waals surface area contributed by atoms with Gasteiger partial charge in [0.2, 0.25) is 5.91 Å². The molecule has 0 saturated carbocycles. The topological polar surface area (TPSA) is 90.1 Å². The molecular weight excluding hydrogens is 318 g/mol. The van der Waals surface area contributed by atoms with Gasteiger partial charge < -0.3 is 4.90 Å². The van der Waals surface area contributed by atoms with Crippen LogP contribution in [0.4, 0.5) is 0 Å². The third-order valence-electron chi connectivity index (χ3n) is 4.45. The summed E-state index contributed by atoms with van der Waals surface area (Å²) in [5.41, 5.74) is 2.59. The maximum atomic E-state index is 12.5. The predicted molar refractivity (Wildman–Crippen MR) is 85.8 cm³/mol. The van der Waals surface area contributed by atoms with Gasteiger partial charge in [-0.05, 0) is 20.3 Å². The second kappa shape index (κ2) is 5.63. The number of rotatable bonds is 4. The van der Waals surface area contributed by atoms with Gasteiger partial charge in [0, 0.05) is 19.6 Å². The van der Waals surface area contributed by atoms with Crippen LogP contribution in [0.5, 0.6) is 0 Å². The van der Waals surface area contributed by atoms with E-state index >= 15 is 0 Å². The smallest absolute Gasteiger partial charge is 0.244 e. The number of fused-ring (bicyclic) bond motifs is 1.